The molecule has 0 aromatic rings. The molecule has 2 nitrogen and oxygen atoms in total. The molecule has 0 radical (unpaired) electrons. The highest BCUT2D eigenvalue weighted by Crippen LogP contribution is 2.36. The lowest BCUT2D eigenvalue weighted by Crippen LogP contribution is -2.45. The molecule has 0 N–H and O–H groups in total. The maximum Gasteiger partial charge on any atom is 0.136 e. The van der Waals surface area contributed by atoms with Crippen molar-refractivity contribution in [3.63, 3.8) is 0 Å². The summed E-state index contributed by atoms with van der Waals surface area (Å²) in [6.45, 7) is 1.29. The molecule has 1 saturated carbocycles. The molecule has 2 aliphatic heterocycles. The second-order valence-corrected chi connectivity index (χ2v) is 5.68. The summed E-state index contributed by atoms with van der Waals surface area (Å²) in [5.41, 5.74) is 0. The van der Waals surface area contributed by atoms with Crippen LogP contribution in [-0.4, -0.2) is 29.3 Å². The minimum Gasteiger partial charge on any atom is -0.300 e. The fourth-order valence-corrected chi connectivity index (χ4v) is 3.85. The molecule has 2 heterocycles. The number of hydrogen-bond acceptors (Lipinski definition) is 2. The third-order valence-electron chi connectivity index (χ3n) is 4.64. The summed E-state index contributed by atoms with van der Waals surface area (Å²) in [7, 11) is 0. The van der Waals surface area contributed by atoms with Crippen molar-refractivity contribution in [1.29, 1.82) is 0 Å². The van der Waals surface area contributed by atoms with E-state index in [4.69, 9.17) is 0 Å². The van der Waals surface area contributed by atoms with Gasteiger partial charge in [-0.1, -0.05) is 12.8 Å². The summed E-state index contributed by atoms with van der Waals surface area (Å²) in [5.74, 6) is 1.46. The van der Waals surface area contributed by atoms with Gasteiger partial charge in [0.1, 0.15) is 5.78 Å². The quantitative estimate of drug-likeness (QED) is 0.693. The predicted octanol–water partition coefficient (Wildman–Crippen LogP) is 2.37. The van der Waals surface area contributed by atoms with Crippen molar-refractivity contribution in [1.82, 2.24) is 4.90 Å². The average molecular weight is 207 g/mol. The van der Waals surface area contributed by atoms with Gasteiger partial charge in [-0.25, -0.2) is 0 Å². The van der Waals surface area contributed by atoms with E-state index < -0.39 is 0 Å². The molecule has 0 spiro atoms. The summed E-state index contributed by atoms with van der Waals surface area (Å²) >= 11 is 0. The van der Waals surface area contributed by atoms with Crippen LogP contribution >= 0.6 is 0 Å². The molecule has 1 aliphatic carbocycles. The molecule has 2 atom stereocenters. The maximum atomic E-state index is 11.5. The number of hydrogen-bond donors (Lipinski definition) is 0. The fourth-order valence-electron chi connectivity index (χ4n) is 3.85. The Labute approximate surface area is 92.0 Å². The van der Waals surface area contributed by atoms with Crippen LogP contribution in [0.4, 0.5) is 0 Å². The summed E-state index contributed by atoms with van der Waals surface area (Å²) in [6, 6.07) is 1.24. The zero-order chi connectivity index (χ0) is 10.3. The van der Waals surface area contributed by atoms with Gasteiger partial charge in [0.05, 0.1) is 0 Å². The number of nitrogens with zero attached hydrogens (tertiary/aromatic N) is 1. The van der Waals surface area contributed by atoms with Gasteiger partial charge in [-0.3, -0.25) is 9.69 Å². The highest BCUT2D eigenvalue weighted by molar-refractivity contribution is 5.80. The first-order chi connectivity index (χ1) is 7.33. The number of carbonyl (C=O) groups is 1. The maximum absolute atomic E-state index is 11.5. The molecule has 0 amide bonds. The molecule has 3 fully saturated rings. The van der Waals surface area contributed by atoms with E-state index in [1.54, 1.807) is 0 Å². The van der Waals surface area contributed by atoms with Crippen LogP contribution in [0.15, 0.2) is 0 Å². The van der Waals surface area contributed by atoms with Crippen molar-refractivity contribution in [2.75, 3.05) is 6.54 Å². The monoisotopic (exact) mass is 207 g/mol. The number of rotatable bonds is 2. The number of piperidine rings is 1. The van der Waals surface area contributed by atoms with Crippen LogP contribution < -0.4 is 0 Å². The van der Waals surface area contributed by atoms with Crippen molar-refractivity contribution < 1.29 is 4.79 Å². The van der Waals surface area contributed by atoms with E-state index in [0.717, 1.165) is 18.8 Å². The van der Waals surface area contributed by atoms with E-state index >= 15 is 0 Å². The fraction of sp³-hybridized carbons (Fsp3) is 0.923. The molecule has 2 bridgehead atoms. The van der Waals surface area contributed by atoms with Gasteiger partial charge in [-0.15, -0.1) is 0 Å². The van der Waals surface area contributed by atoms with Gasteiger partial charge in [0, 0.05) is 31.5 Å². The molecular weight excluding hydrogens is 186 g/mol. The number of ketones is 1. The van der Waals surface area contributed by atoms with Gasteiger partial charge in [-0.2, -0.15) is 0 Å². The number of Topliss-reactive ketones (excluding diaryl/α,β-unsaturated/α-hetero) is 1. The molecule has 3 rings (SSSR count). The van der Waals surface area contributed by atoms with E-state index in [2.05, 4.69) is 4.90 Å². The van der Waals surface area contributed by atoms with Gasteiger partial charge in [-0.05, 0) is 31.6 Å². The Bertz CT molecular complexity index is 241. The topological polar surface area (TPSA) is 20.3 Å². The molecule has 84 valence electrons. The normalized spacial score (nSPS) is 37.7. The van der Waals surface area contributed by atoms with Crippen LogP contribution in [0.2, 0.25) is 0 Å². The minimum atomic E-state index is 0.519. The van der Waals surface area contributed by atoms with E-state index in [1.807, 2.05) is 0 Å². The Balaban J connectivity index is 1.64. The van der Waals surface area contributed by atoms with Crippen LogP contribution in [0, 0.1) is 5.92 Å². The van der Waals surface area contributed by atoms with E-state index in [9.17, 15) is 4.79 Å². The van der Waals surface area contributed by atoms with Gasteiger partial charge in [0.25, 0.3) is 0 Å². The second kappa shape index (κ2) is 3.89. The molecule has 15 heavy (non-hydrogen) atoms. The Morgan fingerprint density at radius 3 is 2.20 bits per heavy atom. The Morgan fingerprint density at radius 1 is 1.00 bits per heavy atom. The van der Waals surface area contributed by atoms with Crippen LogP contribution in [-0.2, 0) is 4.79 Å². The van der Waals surface area contributed by atoms with Gasteiger partial charge >= 0.3 is 0 Å². The van der Waals surface area contributed by atoms with Crippen LogP contribution in [0.3, 0.4) is 0 Å². The van der Waals surface area contributed by atoms with Crippen LogP contribution in [0.1, 0.15) is 51.4 Å². The van der Waals surface area contributed by atoms with E-state index in [-0.39, 0.29) is 0 Å². The summed E-state index contributed by atoms with van der Waals surface area (Å²) < 4.78 is 0. The van der Waals surface area contributed by atoms with Crippen molar-refractivity contribution in [3.8, 4) is 0 Å². The van der Waals surface area contributed by atoms with Crippen LogP contribution in [0.25, 0.3) is 0 Å². The first-order valence-corrected chi connectivity index (χ1v) is 6.60. The average Bonchev–Trinajstić information content (AvgIpc) is 2.77. The Morgan fingerprint density at radius 2 is 1.60 bits per heavy atom. The third kappa shape index (κ3) is 1.84. The predicted molar refractivity (Wildman–Crippen MR) is 59.7 cm³/mol. The first-order valence-electron chi connectivity index (χ1n) is 6.60. The van der Waals surface area contributed by atoms with Crippen molar-refractivity contribution >= 4 is 5.78 Å². The molecule has 2 heteroatoms. The first kappa shape index (κ1) is 9.83. The van der Waals surface area contributed by atoms with Crippen LogP contribution in [0.5, 0.6) is 0 Å². The van der Waals surface area contributed by atoms with E-state index in [0.29, 0.717) is 17.9 Å². The lowest BCUT2D eigenvalue weighted by Gasteiger charge is -2.35. The molecule has 2 unspecified atom stereocenters. The largest absolute Gasteiger partial charge is 0.300 e. The molecule has 0 aromatic heterocycles. The van der Waals surface area contributed by atoms with Gasteiger partial charge in [0.15, 0.2) is 0 Å². The molecule has 0 aromatic carbocycles. The lowest BCUT2D eigenvalue weighted by molar-refractivity contribution is -0.123. The van der Waals surface area contributed by atoms with Crippen molar-refractivity contribution in [2.24, 2.45) is 5.92 Å². The van der Waals surface area contributed by atoms with Gasteiger partial charge < -0.3 is 0 Å². The second-order valence-electron chi connectivity index (χ2n) is 5.68. The van der Waals surface area contributed by atoms with E-state index in [1.165, 1.54) is 45.1 Å². The Hall–Kier alpha value is -0.370. The number of fused-ring (bicyclic) bond motifs is 2. The van der Waals surface area contributed by atoms with Gasteiger partial charge in [0.2, 0.25) is 0 Å². The lowest BCUT2D eigenvalue weighted by atomic mass is 9.98. The number of carbonyl (C=O) groups excluding carboxylic acids is 1. The zero-order valence-electron chi connectivity index (χ0n) is 9.45. The SMILES string of the molecule is O=C1CC2CCC(C1)N2CC1CCCC1. The highest BCUT2D eigenvalue weighted by atomic mass is 16.1. The smallest absolute Gasteiger partial charge is 0.136 e. The zero-order valence-corrected chi connectivity index (χ0v) is 9.45. The summed E-state index contributed by atoms with van der Waals surface area (Å²) in [4.78, 5) is 14.2. The third-order valence-corrected chi connectivity index (χ3v) is 4.64. The van der Waals surface area contributed by atoms with Crippen molar-refractivity contribution in [3.05, 3.63) is 0 Å². The van der Waals surface area contributed by atoms with Crippen molar-refractivity contribution in [2.45, 2.75) is 63.5 Å². The summed E-state index contributed by atoms with van der Waals surface area (Å²) in [5, 5.41) is 0. The minimum absolute atomic E-state index is 0.519. The molecule has 2 saturated heterocycles. The summed E-state index contributed by atoms with van der Waals surface area (Å²) in [6.07, 6.45) is 10.0. The Kier molecular flexibility index (Phi) is 2.55. The highest BCUT2D eigenvalue weighted by Gasteiger charge is 2.40. The molecule has 3 aliphatic rings. The standard InChI is InChI=1S/C13H21NO/c15-13-7-11-5-6-12(8-13)14(11)9-10-3-1-2-4-10/h10-12H,1-9H2. The molecular formula is C13H21NO.